The predicted molar refractivity (Wildman–Crippen MR) is 117 cm³/mol. The van der Waals surface area contributed by atoms with Crippen LogP contribution in [0.15, 0.2) is 89.4 Å². The average Bonchev–Trinajstić information content (AvgIpc) is 2.68. The van der Waals surface area contributed by atoms with Crippen molar-refractivity contribution >= 4 is 27.5 Å². The van der Waals surface area contributed by atoms with Gasteiger partial charge >= 0.3 is 0 Å². The predicted octanol–water partition coefficient (Wildman–Crippen LogP) is 7.95. The lowest BCUT2D eigenvalue weighted by Crippen LogP contribution is -1.88. The Morgan fingerprint density at radius 2 is 1.36 bits per heavy atom. The Morgan fingerprint density at radius 3 is 2.04 bits per heavy atom. The summed E-state index contributed by atoms with van der Waals surface area (Å²) in [7, 11) is 0. The van der Waals surface area contributed by atoms with Crippen molar-refractivity contribution in [2.24, 2.45) is 0 Å². The van der Waals surface area contributed by atoms with E-state index in [1.807, 2.05) is 42.5 Å². The summed E-state index contributed by atoms with van der Waals surface area (Å²) >= 11 is 9.61. The maximum atomic E-state index is 14.8. The van der Waals surface area contributed by atoms with E-state index in [0.29, 0.717) is 10.6 Å². The third kappa shape index (κ3) is 3.68. The van der Waals surface area contributed by atoms with E-state index in [-0.39, 0.29) is 11.6 Å². The molecule has 0 amide bonds. The molecule has 0 unspecified atom stereocenters. The minimum atomic E-state index is -0.309. The number of halogens is 3. The molecule has 0 fully saturated rings. The molecular weight excluding hydrogens is 439 g/mol. The van der Waals surface area contributed by atoms with Gasteiger partial charge in [0.25, 0.3) is 0 Å². The summed E-state index contributed by atoms with van der Waals surface area (Å²) in [5.74, 6) is -0.0875. The van der Waals surface area contributed by atoms with Gasteiger partial charge in [0.1, 0.15) is 11.6 Å². The molecule has 0 aliphatic carbocycles. The molecule has 0 saturated heterocycles. The second-order valence-electron chi connectivity index (χ2n) is 6.42. The van der Waals surface area contributed by atoms with Crippen molar-refractivity contribution in [3.63, 3.8) is 0 Å². The van der Waals surface area contributed by atoms with E-state index in [9.17, 15) is 9.50 Å². The highest BCUT2D eigenvalue weighted by atomic mass is 79.9. The minimum absolute atomic E-state index is 0.221. The lowest BCUT2D eigenvalue weighted by atomic mass is 9.97. The van der Waals surface area contributed by atoms with Crippen LogP contribution in [0.1, 0.15) is 0 Å². The van der Waals surface area contributed by atoms with E-state index in [4.69, 9.17) is 11.6 Å². The van der Waals surface area contributed by atoms with Crippen LogP contribution >= 0.6 is 27.5 Å². The normalized spacial score (nSPS) is 10.8. The number of hydrogen-bond acceptors (Lipinski definition) is 1. The Bertz CT molecular complexity index is 1170. The van der Waals surface area contributed by atoms with Gasteiger partial charge in [-0.3, -0.25) is 0 Å². The highest BCUT2D eigenvalue weighted by molar-refractivity contribution is 9.10. The fraction of sp³-hybridized carbons (Fsp3) is 0. The molecule has 0 heterocycles. The van der Waals surface area contributed by atoms with E-state index in [0.717, 1.165) is 32.3 Å². The molecule has 0 spiro atoms. The van der Waals surface area contributed by atoms with Crippen LogP contribution in [0, 0.1) is 5.82 Å². The maximum Gasteiger partial charge on any atom is 0.131 e. The summed E-state index contributed by atoms with van der Waals surface area (Å²) in [6, 6.07) is 25.3. The van der Waals surface area contributed by atoms with Gasteiger partial charge in [-0.2, -0.15) is 0 Å². The number of aromatic hydroxyl groups is 1. The summed E-state index contributed by atoms with van der Waals surface area (Å²) in [6.07, 6.45) is 0. The van der Waals surface area contributed by atoms with Crippen LogP contribution < -0.4 is 0 Å². The van der Waals surface area contributed by atoms with Crippen LogP contribution in [-0.4, -0.2) is 5.11 Å². The molecule has 28 heavy (non-hydrogen) atoms. The molecule has 1 nitrogen and oxygen atoms in total. The number of rotatable bonds is 3. The standard InChI is InChI=1S/C24H15BrClFO/c25-22-13-16(21-6-1-2-7-24(21)28)8-10-19(22)17-9-11-20(23(27)14-17)15-4-3-5-18(26)12-15/h1-14,28H. The van der Waals surface area contributed by atoms with Crippen LogP contribution in [0.2, 0.25) is 5.02 Å². The molecule has 0 saturated carbocycles. The van der Waals surface area contributed by atoms with Gasteiger partial charge in [-0.15, -0.1) is 0 Å². The zero-order valence-electron chi connectivity index (χ0n) is 14.7. The first kappa shape index (κ1) is 18.7. The first-order chi connectivity index (χ1) is 13.5. The summed E-state index contributed by atoms with van der Waals surface area (Å²) < 4.78 is 15.6. The fourth-order valence-electron chi connectivity index (χ4n) is 3.21. The van der Waals surface area contributed by atoms with Crippen LogP contribution in [0.5, 0.6) is 5.75 Å². The van der Waals surface area contributed by atoms with E-state index >= 15 is 0 Å². The van der Waals surface area contributed by atoms with E-state index in [1.54, 1.807) is 36.4 Å². The third-order valence-electron chi connectivity index (χ3n) is 4.60. The van der Waals surface area contributed by atoms with Crippen LogP contribution in [0.25, 0.3) is 33.4 Å². The van der Waals surface area contributed by atoms with Gasteiger partial charge in [-0.05, 0) is 52.6 Å². The summed E-state index contributed by atoms with van der Waals surface area (Å²) in [6.45, 7) is 0. The van der Waals surface area contributed by atoms with E-state index in [1.165, 1.54) is 6.07 Å². The largest absolute Gasteiger partial charge is 0.507 e. The summed E-state index contributed by atoms with van der Waals surface area (Å²) in [4.78, 5) is 0. The highest BCUT2D eigenvalue weighted by Crippen LogP contribution is 2.37. The summed E-state index contributed by atoms with van der Waals surface area (Å²) in [5.41, 5.74) is 4.51. The van der Waals surface area contributed by atoms with Gasteiger partial charge < -0.3 is 5.11 Å². The van der Waals surface area contributed by atoms with Crippen molar-refractivity contribution < 1.29 is 9.50 Å². The number of hydrogen-bond donors (Lipinski definition) is 1. The topological polar surface area (TPSA) is 20.2 Å². The highest BCUT2D eigenvalue weighted by Gasteiger charge is 2.11. The zero-order valence-corrected chi connectivity index (χ0v) is 17.0. The molecule has 0 radical (unpaired) electrons. The molecule has 138 valence electrons. The molecule has 4 heteroatoms. The number of phenolic OH excluding ortho intramolecular Hbond substituents is 1. The Hall–Kier alpha value is -2.62. The van der Waals surface area contributed by atoms with Gasteiger partial charge in [-0.25, -0.2) is 4.39 Å². The lowest BCUT2D eigenvalue weighted by molar-refractivity contribution is 0.477. The quantitative estimate of drug-likeness (QED) is 0.334. The van der Waals surface area contributed by atoms with Crippen molar-refractivity contribution in [2.45, 2.75) is 0 Å². The molecule has 1 N–H and O–H groups in total. The zero-order chi connectivity index (χ0) is 19.7. The second kappa shape index (κ2) is 7.78. The molecule has 0 aromatic heterocycles. The van der Waals surface area contributed by atoms with E-state index < -0.39 is 0 Å². The second-order valence-corrected chi connectivity index (χ2v) is 7.71. The van der Waals surface area contributed by atoms with Gasteiger partial charge in [0.15, 0.2) is 0 Å². The number of para-hydroxylation sites is 1. The molecule has 0 atom stereocenters. The van der Waals surface area contributed by atoms with Crippen molar-refractivity contribution in [3.8, 4) is 39.1 Å². The molecule has 0 aliphatic heterocycles. The van der Waals surface area contributed by atoms with E-state index in [2.05, 4.69) is 15.9 Å². The van der Waals surface area contributed by atoms with Crippen LogP contribution in [0.4, 0.5) is 4.39 Å². The lowest BCUT2D eigenvalue weighted by Gasteiger charge is -2.11. The third-order valence-corrected chi connectivity index (χ3v) is 5.49. The Kier molecular flexibility index (Phi) is 5.21. The Morgan fingerprint density at radius 1 is 0.679 bits per heavy atom. The smallest absolute Gasteiger partial charge is 0.131 e. The van der Waals surface area contributed by atoms with Gasteiger partial charge in [0.05, 0.1) is 0 Å². The first-order valence-electron chi connectivity index (χ1n) is 8.67. The van der Waals surface area contributed by atoms with Crippen LogP contribution in [-0.2, 0) is 0 Å². The van der Waals surface area contributed by atoms with Gasteiger partial charge in [-0.1, -0.05) is 82.1 Å². The molecular formula is C24H15BrClFO. The van der Waals surface area contributed by atoms with Gasteiger partial charge in [0.2, 0.25) is 0 Å². The van der Waals surface area contributed by atoms with Gasteiger partial charge in [0, 0.05) is 20.6 Å². The van der Waals surface area contributed by atoms with Crippen molar-refractivity contribution in [1.82, 2.24) is 0 Å². The Balaban J connectivity index is 1.72. The van der Waals surface area contributed by atoms with Crippen molar-refractivity contribution in [2.75, 3.05) is 0 Å². The first-order valence-corrected chi connectivity index (χ1v) is 9.84. The molecule has 0 bridgehead atoms. The number of benzene rings is 4. The molecule has 4 aromatic carbocycles. The fourth-order valence-corrected chi connectivity index (χ4v) is 4.01. The monoisotopic (exact) mass is 452 g/mol. The van der Waals surface area contributed by atoms with Crippen molar-refractivity contribution in [1.29, 1.82) is 0 Å². The number of phenols is 1. The molecule has 4 rings (SSSR count). The SMILES string of the molecule is Oc1ccccc1-c1ccc(-c2ccc(-c3cccc(Cl)c3)c(F)c2)c(Br)c1. The minimum Gasteiger partial charge on any atom is -0.507 e. The van der Waals surface area contributed by atoms with Crippen molar-refractivity contribution in [3.05, 3.63) is 100 Å². The maximum absolute atomic E-state index is 14.8. The Labute approximate surface area is 176 Å². The average molecular weight is 454 g/mol. The molecule has 0 aliphatic rings. The molecule has 4 aromatic rings. The van der Waals surface area contributed by atoms with Crippen LogP contribution in [0.3, 0.4) is 0 Å². The summed E-state index contributed by atoms with van der Waals surface area (Å²) in [5, 5.41) is 10.6.